The highest BCUT2D eigenvalue weighted by atomic mass is 32.2. The van der Waals surface area contributed by atoms with E-state index in [1.807, 2.05) is 6.07 Å². The molecule has 6 nitrogen and oxygen atoms in total. The highest BCUT2D eigenvalue weighted by molar-refractivity contribution is 8.00. The largest absolute Gasteiger partial charge is 0.446 e. The zero-order chi connectivity index (χ0) is 22.2. The highest BCUT2D eigenvalue weighted by Crippen LogP contribution is 2.37. The van der Waals surface area contributed by atoms with Crippen LogP contribution in [0.2, 0.25) is 0 Å². The summed E-state index contributed by atoms with van der Waals surface area (Å²) >= 11 is -0.162. The zero-order valence-electron chi connectivity index (χ0n) is 16.2. The maximum absolute atomic E-state index is 12.7. The van der Waals surface area contributed by atoms with Crippen molar-refractivity contribution >= 4 is 35.2 Å². The molecule has 0 spiro atoms. The Kier molecular flexibility index (Phi) is 5.65. The Balaban J connectivity index is 1.39. The molecule has 31 heavy (non-hydrogen) atoms. The Morgan fingerprint density at radius 1 is 1.10 bits per heavy atom. The number of fused-ring (bicyclic) bond motifs is 1. The maximum Gasteiger partial charge on any atom is 0.446 e. The van der Waals surface area contributed by atoms with E-state index in [1.165, 1.54) is 17.0 Å². The predicted octanol–water partition coefficient (Wildman–Crippen LogP) is 3.67. The van der Waals surface area contributed by atoms with Crippen molar-refractivity contribution in [3.63, 3.8) is 0 Å². The van der Waals surface area contributed by atoms with Gasteiger partial charge in [-0.2, -0.15) is 13.2 Å². The number of nitrogens with one attached hydrogen (secondary N) is 2. The molecule has 2 aliphatic heterocycles. The van der Waals surface area contributed by atoms with Crippen LogP contribution >= 0.6 is 11.8 Å². The van der Waals surface area contributed by atoms with Gasteiger partial charge in [0.25, 0.3) is 5.91 Å². The van der Waals surface area contributed by atoms with E-state index in [0.717, 1.165) is 11.1 Å². The van der Waals surface area contributed by atoms with Crippen molar-refractivity contribution < 1.29 is 27.6 Å². The Morgan fingerprint density at radius 3 is 2.52 bits per heavy atom. The average molecular weight is 449 g/mol. The number of imide groups is 1. The Hall–Kier alpha value is -3.01. The third kappa shape index (κ3) is 4.84. The highest BCUT2D eigenvalue weighted by Gasteiger charge is 2.39. The van der Waals surface area contributed by atoms with Gasteiger partial charge in [-0.1, -0.05) is 12.1 Å². The first kappa shape index (κ1) is 21.2. The first-order valence-corrected chi connectivity index (χ1v) is 10.4. The van der Waals surface area contributed by atoms with Gasteiger partial charge in [-0.25, -0.2) is 0 Å². The average Bonchev–Trinajstić information content (AvgIpc) is 3.02. The summed E-state index contributed by atoms with van der Waals surface area (Å²) in [5, 5.41) is 5.42. The van der Waals surface area contributed by atoms with Crippen LogP contribution in [0, 0.1) is 0 Å². The fourth-order valence-electron chi connectivity index (χ4n) is 3.72. The van der Waals surface area contributed by atoms with Gasteiger partial charge in [0.05, 0.1) is 0 Å². The van der Waals surface area contributed by atoms with Crippen molar-refractivity contribution in [1.82, 2.24) is 10.2 Å². The van der Waals surface area contributed by atoms with E-state index in [-0.39, 0.29) is 41.4 Å². The van der Waals surface area contributed by atoms with Gasteiger partial charge >= 0.3 is 5.51 Å². The van der Waals surface area contributed by atoms with E-state index >= 15 is 0 Å². The Labute approximate surface area is 180 Å². The number of rotatable bonds is 5. The number of anilines is 1. The van der Waals surface area contributed by atoms with Gasteiger partial charge in [-0.05, 0) is 59.6 Å². The van der Waals surface area contributed by atoms with Crippen molar-refractivity contribution in [3.05, 3.63) is 59.2 Å². The lowest BCUT2D eigenvalue weighted by Crippen LogP contribution is -2.52. The molecule has 0 aromatic heterocycles. The summed E-state index contributed by atoms with van der Waals surface area (Å²) in [6.07, 6.45) is 0.507. The second-order valence-electron chi connectivity index (χ2n) is 7.32. The van der Waals surface area contributed by atoms with Gasteiger partial charge in [-0.15, -0.1) is 0 Å². The van der Waals surface area contributed by atoms with Crippen LogP contribution in [0.15, 0.2) is 47.4 Å². The number of thioether (sulfide) groups is 1. The van der Waals surface area contributed by atoms with Crippen LogP contribution in [0.3, 0.4) is 0 Å². The summed E-state index contributed by atoms with van der Waals surface area (Å²) in [4.78, 5) is 37.8. The summed E-state index contributed by atoms with van der Waals surface area (Å²) in [6, 6.07) is 10.7. The standard InChI is InChI=1S/C21H18F3N3O3S/c22-21(23,24)31-15-4-2-14(3-5-15)25-10-12-1-6-16-13(9-12)11-27(20(16)30)17-7-8-18(28)26-19(17)29/h1-6,9,17,25H,7-8,10-11H2,(H,26,28,29). The van der Waals surface area contributed by atoms with Gasteiger partial charge in [0.2, 0.25) is 11.8 Å². The number of hydrogen-bond acceptors (Lipinski definition) is 5. The normalized spacial score (nSPS) is 18.7. The summed E-state index contributed by atoms with van der Waals surface area (Å²) in [6.45, 7) is 0.712. The van der Waals surface area contributed by atoms with E-state index in [2.05, 4.69) is 10.6 Å². The number of carbonyl (C=O) groups excluding carboxylic acids is 3. The fourth-order valence-corrected chi connectivity index (χ4v) is 4.26. The van der Waals surface area contributed by atoms with E-state index in [9.17, 15) is 27.6 Å². The monoisotopic (exact) mass is 449 g/mol. The zero-order valence-corrected chi connectivity index (χ0v) is 17.0. The topological polar surface area (TPSA) is 78.5 Å². The number of piperidine rings is 1. The van der Waals surface area contributed by atoms with Gasteiger partial charge in [0, 0.05) is 35.7 Å². The first-order valence-electron chi connectivity index (χ1n) is 9.56. The molecule has 2 N–H and O–H groups in total. The minimum atomic E-state index is -4.32. The summed E-state index contributed by atoms with van der Waals surface area (Å²) in [5.41, 5.74) is -1.43. The molecule has 4 rings (SSSR count). The molecular weight excluding hydrogens is 431 g/mol. The fraction of sp³-hybridized carbons (Fsp3) is 0.286. The summed E-state index contributed by atoms with van der Waals surface area (Å²) in [5.74, 6) is -1.02. The van der Waals surface area contributed by atoms with E-state index in [4.69, 9.17) is 0 Å². The number of halogens is 3. The number of amides is 3. The minimum Gasteiger partial charge on any atom is -0.381 e. The first-order chi connectivity index (χ1) is 14.7. The molecule has 1 atom stereocenters. The van der Waals surface area contributed by atoms with Crippen molar-refractivity contribution in [3.8, 4) is 0 Å². The lowest BCUT2D eigenvalue weighted by atomic mass is 10.0. The van der Waals surface area contributed by atoms with Crippen molar-refractivity contribution in [1.29, 1.82) is 0 Å². The van der Waals surface area contributed by atoms with Crippen LogP contribution in [0.4, 0.5) is 18.9 Å². The van der Waals surface area contributed by atoms with Gasteiger partial charge < -0.3 is 10.2 Å². The van der Waals surface area contributed by atoms with E-state index in [0.29, 0.717) is 24.2 Å². The smallest absolute Gasteiger partial charge is 0.381 e. The van der Waals surface area contributed by atoms with Gasteiger partial charge in [-0.3, -0.25) is 19.7 Å². The van der Waals surface area contributed by atoms with Crippen LogP contribution in [0.1, 0.15) is 34.3 Å². The minimum absolute atomic E-state index is 0.114. The van der Waals surface area contributed by atoms with Gasteiger partial charge in [0.15, 0.2) is 0 Å². The number of alkyl halides is 3. The molecule has 162 valence electrons. The summed E-state index contributed by atoms with van der Waals surface area (Å²) < 4.78 is 37.2. The molecule has 2 aromatic carbocycles. The van der Waals surface area contributed by atoms with Crippen LogP contribution in [-0.4, -0.2) is 34.2 Å². The molecule has 2 heterocycles. The Bertz CT molecular complexity index is 1040. The molecule has 2 aromatic rings. The molecule has 0 radical (unpaired) electrons. The van der Waals surface area contributed by atoms with Crippen LogP contribution < -0.4 is 10.6 Å². The maximum atomic E-state index is 12.7. The predicted molar refractivity (Wildman–Crippen MR) is 108 cm³/mol. The molecule has 0 bridgehead atoms. The molecule has 3 amide bonds. The summed E-state index contributed by atoms with van der Waals surface area (Å²) in [7, 11) is 0. The molecule has 1 saturated heterocycles. The van der Waals surface area contributed by atoms with Crippen LogP contribution in [0.5, 0.6) is 0 Å². The molecule has 10 heteroatoms. The van der Waals surface area contributed by atoms with Crippen molar-refractivity contribution in [2.24, 2.45) is 0 Å². The molecule has 2 aliphatic rings. The number of hydrogen-bond donors (Lipinski definition) is 2. The van der Waals surface area contributed by atoms with Gasteiger partial charge in [0.1, 0.15) is 6.04 Å². The SMILES string of the molecule is O=C1CCC(N2Cc3cc(CNc4ccc(SC(F)(F)F)cc4)ccc3C2=O)C(=O)N1. The third-order valence-electron chi connectivity index (χ3n) is 5.17. The lowest BCUT2D eigenvalue weighted by molar-refractivity contribution is -0.136. The molecule has 1 unspecified atom stereocenters. The second-order valence-corrected chi connectivity index (χ2v) is 8.46. The number of nitrogens with zero attached hydrogens (tertiary/aromatic N) is 1. The molecule has 0 saturated carbocycles. The molecular formula is C21H18F3N3O3S. The van der Waals surface area contributed by atoms with Crippen molar-refractivity contribution in [2.75, 3.05) is 5.32 Å². The Morgan fingerprint density at radius 2 is 1.84 bits per heavy atom. The third-order valence-corrected chi connectivity index (χ3v) is 5.91. The molecule has 1 fully saturated rings. The molecule has 0 aliphatic carbocycles. The number of benzene rings is 2. The van der Waals surface area contributed by atoms with E-state index < -0.39 is 17.5 Å². The second kappa shape index (κ2) is 8.26. The lowest BCUT2D eigenvalue weighted by Gasteiger charge is -2.29. The van der Waals surface area contributed by atoms with E-state index in [1.54, 1.807) is 24.3 Å². The van der Waals surface area contributed by atoms with Crippen LogP contribution in [-0.2, 0) is 22.7 Å². The van der Waals surface area contributed by atoms with Crippen molar-refractivity contribution in [2.45, 2.75) is 42.4 Å². The number of carbonyl (C=O) groups is 3. The van der Waals surface area contributed by atoms with Crippen LogP contribution in [0.25, 0.3) is 0 Å². The quantitative estimate of drug-likeness (QED) is 0.538.